The Morgan fingerprint density at radius 1 is 1.36 bits per heavy atom. The maximum Gasteiger partial charge on any atom is 0.226 e. The largest absolute Gasteiger partial charge is 0.396 e. The average Bonchev–Trinajstić information content (AvgIpc) is 2.97. The van der Waals surface area contributed by atoms with Crippen LogP contribution in [0.25, 0.3) is 10.9 Å². The van der Waals surface area contributed by atoms with Gasteiger partial charge in [0.15, 0.2) is 0 Å². The number of fused-ring (bicyclic) bond motifs is 1. The minimum atomic E-state index is -0.246. The maximum atomic E-state index is 12.2. The van der Waals surface area contributed by atoms with Gasteiger partial charge in [0.25, 0.3) is 0 Å². The molecule has 1 aromatic heterocycles. The Hall–Kier alpha value is -1.92. The lowest BCUT2D eigenvalue weighted by Crippen LogP contribution is -2.44. The molecule has 118 valence electrons. The summed E-state index contributed by atoms with van der Waals surface area (Å²) < 4.78 is 5.33. The van der Waals surface area contributed by atoms with Crippen LogP contribution in [0.2, 0.25) is 0 Å². The number of H-pyrrole nitrogens is 1. The summed E-state index contributed by atoms with van der Waals surface area (Å²) in [6.45, 7) is 1.84. The molecular weight excluding hydrogens is 282 g/mol. The number of ether oxygens (including phenoxy) is 1. The van der Waals surface area contributed by atoms with Crippen molar-refractivity contribution in [2.75, 3.05) is 26.4 Å². The Morgan fingerprint density at radius 3 is 2.91 bits per heavy atom. The summed E-state index contributed by atoms with van der Waals surface area (Å²) >= 11 is 0. The van der Waals surface area contributed by atoms with E-state index in [2.05, 4.69) is 15.5 Å². The first-order chi connectivity index (χ1) is 10.7. The SMILES string of the molecule is O=C(Cc1[nH]nc2ccccc12)NCC1(CO)CCOCC1. The number of aliphatic hydroxyl groups excluding tert-OH is 1. The lowest BCUT2D eigenvalue weighted by atomic mass is 9.81. The van der Waals surface area contributed by atoms with Gasteiger partial charge < -0.3 is 15.2 Å². The zero-order valence-corrected chi connectivity index (χ0v) is 12.5. The number of aromatic amines is 1. The number of carbonyl (C=O) groups excluding carboxylic acids is 1. The van der Waals surface area contributed by atoms with Gasteiger partial charge in [0.1, 0.15) is 0 Å². The number of hydrogen-bond acceptors (Lipinski definition) is 4. The summed E-state index contributed by atoms with van der Waals surface area (Å²) in [5.74, 6) is -0.0614. The fraction of sp³-hybridized carbons (Fsp3) is 0.500. The van der Waals surface area contributed by atoms with Gasteiger partial charge in [0.05, 0.1) is 24.2 Å². The Kier molecular flexibility index (Phi) is 4.40. The van der Waals surface area contributed by atoms with Crippen molar-refractivity contribution in [1.82, 2.24) is 15.5 Å². The van der Waals surface area contributed by atoms with Gasteiger partial charge in [-0.2, -0.15) is 5.10 Å². The van der Waals surface area contributed by atoms with Crippen LogP contribution in [-0.4, -0.2) is 47.6 Å². The van der Waals surface area contributed by atoms with Crippen LogP contribution in [-0.2, 0) is 16.0 Å². The van der Waals surface area contributed by atoms with Crippen molar-refractivity contribution in [3.05, 3.63) is 30.0 Å². The molecule has 0 saturated carbocycles. The van der Waals surface area contributed by atoms with Crippen molar-refractivity contribution >= 4 is 16.8 Å². The van der Waals surface area contributed by atoms with E-state index >= 15 is 0 Å². The zero-order chi connectivity index (χ0) is 15.4. The summed E-state index contributed by atoms with van der Waals surface area (Å²) in [5.41, 5.74) is 1.43. The Balaban J connectivity index is 1.60. The standard InChI is InChI=1S/C16H21N3O3/c20-11-16(5-7-22-8-6-16)10-17-15(21)9-14-12-3-1-2-4-13(12)18-19-14/h1-4,20H,5-11H2,(H,17,21)(H,18,19). The molecule has 1 fully saturated rings. The Bertz CT molecular complexity index is 647. The summed E-state index contributed by atoms with van der Waals surface area (Å²) in [7, 11) is 0. The van der Waals surface area contributed by atoms with E-state index in [1.807, 2.05) is 24.3 Å². The highest BCUT2D eigenvalue weighted by Crippen LogP contribution is 2.29. The number of aromatic nitrogens is 2. The lowest BCUT2D eigenvalue weighted by molar-refractivity contribution is -0.121. The van der Waals surface area contributed by atoms with Crippen LogP contribution in [0, 0.1) is 5.41 Å². The quantitative estimate of drug-likeness (QED) is 0.769. The van der Waals surface area contributed by atoms with E-state index in [9.17, 15) is 9.90 Å². The first kappa shape index (κ1) is 15.0. The maximum absolute atomic E-state index is 12.2. The first-order valence-electron chi connectivity index (χ1n) is 7.60. The van der Waals surface area contributed by atoms with Crippen LogP contribution < -0.4 is 5.32 Å². The van der Waals surface area contributed by atoms with Crippen LogP contribution in [0.3, 0.4) is 0 Å². The van der Waals surface area contributed by atoms with Crippen LogP contribution >= 0.6 is 0 Å². The fourth-order valence-electron chi connectivity index (χ4n) is 2.85. The summed E-state index contributed by atoms with van der Waals surface area (Å²) in [5, 5.41) is 20.7. The van der Waals surface area contributed by atoms with Gasteiger partial charge in [-0.05, 0) is 18.9 Å². The molecule has 0 atom stereocenters. The second-order valence-corrected chi connectivity index (χ2v) is 5.94. The van der Waals surface area contributed by atoms with Crippen LogP contribution in [0.4, 0.5) is 0 Å². The molecule has 0 spiro atoms. The number of benzene rings is 1. The molecule has 22 heavy (non-hydrogen) atoms. The molecule has 6 nitrogen and oxygen atoms in total. The molecule has 2 heterocycles. The number of nitrogens with one attached hydrogen (secondary N) is 2. The average molecular weight is 303 g/mol. The molecule has 1 aliphatic heterocycles. The second-order valence-electron chi connectivity index (χ2n) is 5.94. The van der Waals surface area contributed by atoms with Crippen LogP contribution in [0.15, 0.2) is 24.3 Å². The zero-order valence-electron chi connectivity index (χ0n) is 12.5. The number of nitrogens with zero attached hydrogens (tertiary/aromatic N) is 1. The summed E-state index contributed by atoms with van der Waals surface area (Å²) in [6.07, 6.45) is 1.81. The molecule has 1 saturated heterocycles. The highest BCUT2D eigenvalue weighted by Gasteiger charge is 2.32. The highest BCUT2D eigenvalue weighted by molar-refractivity contribution is 5.87. The van der Waals surface area contributed by atoms with E-state index in [-0.39, 0.29) is 24.3 Å². The number of para-hydroxylation sites is 1. The predicted molar refractivity (Wildman–Crippen MR) is 82.4 cm³/mol. The third-order valence-corrected chi connectivity index (χ3v) is 4.43. The number of rotatable bonds is 5. The van der Waals surface area contributed by atoms with Gasteiger partial charge in [0, 0.05) is 30.6 Å². The van der Waals surface area contributed by atoms with E-state index in [4.69, 9.17) is 4.74 Å². The van der Waals surface area contributed by atoms with E-state index in [1.54, 1.807) is 0 Å². The molecule has 6 heteroatoms. The van der Waals surface area contributed by atoms with Gasteiger partial charge >= 0.3 is 0 Å². The van der Waals surface area contributed by atoms with Crippen molar-refractivity contribution < 1.29 is 14.6 Å². The van der Waals surface area contributed by atoms with E-state index in [0.29, 0.717) is 19.8 Å². The molecule has 0 radical (unpaired) electrons. The second kappa shape index (κ2) is 6.46. The summed E-state index contributed by atoms with van der Waals surface area (Å²) in [4.78, 5) is 12.2. The molecule has 2 aromatic rings. The normalized spacial score (nSPS) is 17.5. The van der Waals surface area contributed by atoms with E-state index in [1.165, 1.54) is 0 Å². The molecule has 3 rings (SSSR count). The molecule has 1 aromatic carbocycles. The minimum Gasteiger partial charge on any atom is -0.396 e. The number of hydrogen-bond donors (Lipinski definition) is 3. The molecule has 1 aliphatic rings. The molecular formula is C16H21N3O3. The van der Waals surface area contributed by atoms with Crippen LogP contribution in [0.1, 0.15) is 18.5 Å². The van der Waals surface area contributed by atoms with Gasteiger partial charge in [0.2, 0.25) is 5.91 Å². The van der Waals surface area contributed by atoms with Crippen molar-refractivity contribution in [2.45, 2.75) is 19.3 Å². The monoisotopic (exact) mass is 303 g/mol. The summed E-state index contributed by atoms with van der Waals surface area (Å²) in [6, 6.07) is 7.72. The molecule has 0 bridgehead atoms. The van der Waals surface area contributed by atoms with Gasteiger partial charge in [-0.15, -0.1) is 0 Å². The number of amides is 1. The van der Waals surface area contributed by atoms with Crippen LogP contribution in [0.5, 0.6) is 0 Å². The minimum absolute atomic E-state index is 0.0614. The Morgan fingerprint density at radius 2 is 2.14 bits per heavy atom. The topological polar surface area (TPSA) is 87.2 Å². The van der Waals surface area contributed by atoms with E-state index < -0.39 is 0 Å². The predicted octanol–water partition coefficient (Wildman–Crippen LogP) is 1.01. The molecule has 3 N–H and O–H groups in total. The molecule has 1 amide bonds. The smallest absolute Gasteiger partial charge is 0.226 e. The number of aliphatic hydroxyl groups is 1. The van der Waals surface area contributed by atoms with E-state index in [0.717, 1.165) is 29.4 Å². The lowest BCUT2D eigenvalue weighted by Gasteiger charge is -2.35. The molecule has 0 unspecified atom stereocenters. The van der Waals surface area contributed by atoms with Crippen molar-refractivity contribution in [2.24, 2.45) is 5.41 Å². The van der Waals surface area contributed by atoms with Gasteiger partial charge in [-0.3, -0.25) is 9.89 Å². The Labute approximate surface area is 128 Å². The van der Waals surface area contributed by atoms with Crippen molar-refractivity contribution in [3.63, 3.8) is 0 Å². The van der Waals surface area contributed by atoms with Gasteiger partial charge in [-0.25, -0.2) is 0 Å². The first-order valence-corrected chi connectivity index (χ1v) is 7.60. The third-order valence-electron chi connectivity index (χ3n) is 4.43. The fourth-order valence-corrected chi connectivity index (χ4v) is 2.85. The van der Waals surface area contributed by atoms with Crippen molar-refractivity contribution in [3.8, 4) is 0 Å². The van der Waals surface area contributed by atoms with Gasteiger partial charge in [-0.1, -0.05) is 18.2 Å². The third kappa shape index (κ3) is 3.13. The van der Waals surface area contributed by atoms with Crippen molar-refractivity contribution in [1.29, 1.82) is 0 Å². The number of carbonyl (C=O) groups is 1. The molecule has 0 aliphatic carbocycles. The highest BCUT2D eigenvalue weighted by atomic mass is 16.5.